The summed E-state index contributed by atoms with van der Waals surface area (Å²) in [7, 11) is 3.93. The van der Waals surface area contributed by atoms with Gasteiger partial charge in [0.1, 0.15) is 17.4 Å². The Kier molecular flexibility index (Phi) is 5.07. The van der Waals surface area contributed by atoms with Gasteiger partial charge in [0.25, 0.3) is 0 Å². The molecule has 2 aromatic rings. The highest BCUT2D eigenvalue weighted by Crippen LogP contribution is 2.38. The molecule has 1 saturated heterocycles. The number of hydrogen-bond acceptors (Lipinski definition) is 5. The van der Waals surface area contributed by atoms with Crippen molar-refractivity contribution in [2.24, 2.45) is 0 Å². The number of ether oxygens (including phenoxy) is 1. The van der Waals surface area contributed by atoms with Gasteiger partial charge in [0.2, 0.25) is 0 Å². The fraction of sp³-hybridized carbons (Fsp3) is 0.524. The summed E-state index contributed by atoms with van der Waals surface area (Å²) in [4.78, 5) is 14.2. The third kappa shape index (κ3) is 3.83. The van der Waals surface area contributed by atoms with Crippen LogP contribution in [0.25, 0.3) is 0 Å². The minimum atomic E-state index is 0.486. The molecule has 5 nitrogen and oxygen atoms in total. The molecule has 1 atom stereocenters. The number of rotatable bonds is 6. The van der Waals surface area contributed by atoms with Gasteiger partial charge < -0.3 is 9.64 Å². The molecule has 0 N–H and O–H groups in total. The van der Waals surface area contributed by atoms with E-state index >= 15 is 0 Å². The Hall–Kier alpha value is -2.14. The van der Waals surface area contributed by atoms with E-state index in [2.05, 4.69) is 34.0 Å². The summed E-state index contributed by atoms with van der Waals surface area (Å²) < 4.78 is 5.52. The molecule has 0 amide bonds. The van der Waals surface area contributed by atoms with Crippen molar-refractivity contribution >= 4 is 5.82 Å². The van der Waals surface area contributed by atoms with Crippen LogP contribution in [-0.4, -0.2) is 48.2 Å². The highest BCUT2D eigenvalue weighted by atomic mass is 16.5. The summed E-state index contributed by atoms with van der Waals surface area (Å²) in [6.45, 7) is 3.13. The number of likely N-dealkylation sites (N-methyl/N-ethyl adjacent to an activating group) is 1. The van der Waals surface area contributed by atoms with Crippen LogP contribution in [-0.2, 0) is 6.54 Å². The first kappa shape index (κ1) is 17.3. The summed E-state index contributed by atoms with van der Waals surface area (Å²) in [5.41, 5.74) is 1.26. The highest BCUT2D eigenvalue weighted by molar-refractivity contribution is 5.39. The van der Waals surface area contributed by atoms with Crippen LogP contribution < -0.4 is 9.64 Å². The zero-order valence-corrected chi connectivity index (χ0v) is 15.8. The molecule has 2 aliphatic rings. The van der Waals surface area contributed by atoms with E-state index in [1.54, 1.807) is 7.11 Å². The Morgan fingerprint density at radius 3 is 2.85 bits per heavy atom. The largest absolute Gasteiger partial charge is 0.496 e. The summed E-state index contributed by atoms with van der Waals surface area (Å²) in [5, 5.41) is 0. The number of hydrogen-bond donors (Lipinski definition) is 0. The second kappa shape index (κ2) is 7.62. The molecule has 5 heteroatoms. The molecule has 138 valence electrons. The monoisotopic (exact) mass is 352 g/mol. The van der Waals surface area contributed by atoms with E-state index in [9.17, 15) is 0 Å². The maximum absolute atomic E-state index is 5.52. The minimum absolute atomic E-state index is 0.486. The first-order chi connectivity index (χ1) is 12.7. The fourth-order valence-corrected chi connectivity index (χ4v) is 3.85. The number of piperidine rings is 1. The molecule has 4 rings (SSSR count). The molecule has 1 saturated carbocycles. The Labute approximate surface area is 156 Å². The van der Waals surface area contributed by atoms with E-state index in [0.29, 0.717) is 12.0 Å². The molecule has 1 aromatic carbocycles. The molecule has 1 aromatic heterocycles. The van der Waals surface area contributed by atoms with Crippen molar-refractivity contribution in [3.63, 3.8) is 0 Å². The summed E-state index contributed by atoms with van der Waals surface area (Å²) >= 11 is 0. The van der Waals surface area contributed by atoms with Gasteiger partial charge in [0.15, 0.2) is 0 Å². The predicted octanol–water partition coefficient (Wildman–Crippen LogP) is 3.46. The van der Waals surface area contributed by atoms with Crippen LogP contribution in [0.2, 0.25) is 0 Å². The first-order valence-corrected chi connectivity index (χ1v) is 9.64. The zero-order valence-electron chi connectivity index (χ0n) is 15.8. The number of benzene rings is 1. The molecule has 26 heavy (non-hydrogen) atoms. The van der Waals surface area contributed by atoms with Crippen molar-refractivity contribution in [3.05, 3.63) is 47.9 Å². The number of para-hydroxylation sites is 1. The normalized spacial score (nSPS) is 20.8. The minimum Gasteiger partial charge on any atom is -0.496 e. The summed E-state index contributed by atoms with van der Waals surface area (Å²) in [5.74, 6) is 3.66. The standard InChI is InChI=1S/C21H28N4O/c1-24(20-11-12-22-21(23-20)16-9-10-16)18-7-5-13-25(15-18)14-17-6-3-4-8-19(17)26-2/h3-4,6,8,11-12,16,18H,5,7,9-10,13-15H2,1-2H3. The fourth-order valence-electron chi connectivity index (χ4n) is 3.85. The maximum atomic E-state index is 5.52. The van der Waals surface area contributed by atoms with Crippen LogP contribution in [0, 0.1) is 0 Å². The van der Waals surface area contributed by atoms with E-state index < -0.39 is 0 Å². The third-order valence-electron chi connectivity index (χ3n) is 5.58. The first-order valence-electron chi connectivity index (χ1n) is 9.64. The van der Waals surface area contributed by atoms with Crippen LogP contribution >= 0.6 is 0 Å². The lowest BCUT2D eigenvalue weighted by Gasteiger charge is -2.38. The predicted molar refractivity (Wildman–Crippen MR) is 104 cm³/mol. The molecule has 0 spiro atoms. The van der Waals surface area contributed by atoms with E-state index in [1.165, 1.54) is 31.2 Å². The lowest BCUT2D eigenvalue weighted by atomic mass is 10.0. The van der Waals surface area contributed by atoms with Gasteiger partial charge in [0, 0.05) is 43.9 Å². The topological polar surface area (TPSA) is 41.5 Å². The van der Waals surface area contributed by atoms with Gasteiger partial charge in [-0.3, -0.25) is 4.90 Å². The number of anilines is 1. The molecule has 0 radical (unpaired) electrons. The molecule has 1 aliphatic heterocycles. The Balaban J connectivity index is 1.43. The summed E-state index contributed by atoms with van der Waals surface area (Å²) in [6.07, 6.45) is 6.82. The van der Waals surface area contributed by atoms with Gasteiger partial charge in [-0.2, -0.15) is 0 Å². The lowest BCUT2D eigenvalue weighted by molar-refractivity contribution is 0.196. The third-order valence-corrected chi connectivity index (χ3v) is 5.58. The molecule has 2 fully saturated rings. The van der Waals surface area contributed by atoms with Crippen molar-refractivity contribution in [1.29, 1.82) is 0 Å². The summed E-state index contributed by atoms with van der Waals surface area (Å²) in [6, 6.07) is 10.9. The molecule has 1 aliphatic carbocycles. The second-order valence-electron chi connectivity index (χ2n) is 7.50. The smallest absolute Gasteiger partial charge is 0.133 e. The van der Waals surface area contributed by atoms with Crippen LogP contribution in [0.4, 0.5) is 5.82 Å². The SMILES string of the molecule is COc1ccccc1CN1CCCC(N(C)c2ccnc(C3CC3)n2)C1. The average molecular weight is 352 g/mol. The van der Waals surface area contributed by atoms with E-state index in [-0.39, 0.29) is 0 Å². The molecular weight excluding hydrogens is 324 g/mol. The van der Waals surface area contributed by atoms with Crippen LogP contribution in [0.5, 0.6) is 5.75 Å². The van der Waals surface area contributed by atoms with Crippen LogP contribution in [0.1, 0.15) is 43.0 Å². The van der Waals surface area contributed by atoms with Crippen molar-refractivity contribution in [3.8, 4) is 5.75 Å². The Bertz CT molecular complexity index is 746. The van der Waals surface area contributed by atoms with Gasteiger partial charge in [-0.1, -0.05) is 18.2 Å². The quantitative estimate of drug-likeness (QED) is 0.796. The zero-order chi connectivity index (χ0) is 17.9. The second-order valence-corrected chi connectivity index (χ2v) is 7.50. The van der Waals surface area contributed by atoms with Crippen molar-refractivity contribution < 1.29 is 4.74 Å². The molecule has 2 heterocycles. The van der Waals surface area contributed by atoms with E-state index in [4.69, 9.17) is 9.72 Å². The van der Waals surface area contributed by atoms with Gasteiger partial charge in [-0.15, -0.1) is 0 Å². The van der Waals surface area contributed by atoms with Gasteiger partial charge >= 0.3 is 0 Å². The van der Waals surface area contributed by atoms with Gasteiger partial charge in [-0.25, -0.2) is 9.97 Å². The van der Waals surface area contributed by atoms with Crippen molar-refractivity contribution in [2.75, 3.05) is 32.1 Å². The van der Waals surface area contributed by atoms with Gasteiger partial charge in [0.05, 0.1) is 7.11 Å². The molecule has 0 bridgehead atoms. The Morgan fingerprint density at radius 2 is 2.04 bits per heavy atom. The average Bonchev–Trinajstić information content (AvgIpc) is 3.53. The number of likely N-dealkylation sites (tertiary alicyclic amines) is 1. The number of aromatic nitrogens is 2. The van der Waals surface area contributed by atoms with Crippen LogP contribution in [0.15, 0.2) is 36.5 Å². The molecular formula is C21H28N4O. The van der Waals surface area contributed by atoms with Crippen molar-refractivity contribution in [2.45, 2.75) is 44.2 Å². The van der Waals surface area contributed by atoms with E-state index in [0.717, 1.165) is 37.0 Å². The number of methoxy groups -OCH3 is 1. The van der Waals surface area contributed by atoms with Crippen LogP contribution in [0.3, 0.4) is 0 Å². The Morgan fingerprint density at radius 1 is 1.19 bits per heavy atom. The number of nitrogens with zero attached hydrogens (tertiary/aromatic N) is 4. The van der Waals surface area contributed by atoms with Crippen molar-refractivity contribution in [1.82, 2.24) is 14.9 Å². The maximum Gasteiger partial charge on any atom is 0.133 e. The lowest BCUT2D eigenvalue weighted by Crippen LogP contribution is -2.46. The highest BCUT2D eigenvalue weighted by Gasteiger charge is 2.28. The van der Waals surface area contributed by atoms with E-state index in [1.807, 2.05) is 24.4 Å². The molecule has 1 unspecified atom stereocenters. The van der Waals surface area contributed by atoms with Gasteiger partial charge in [-0.05, 0) is 44.4 Å².